The second-order valence-corrected chi connectivity index (χ2v) is 5.06. The molecule has 1 amide bonds. The molecule has 1 fully saturated rings. The van der Waals surface area contributed by atoms with Gasteiger partial charge in [0, 0.05) is 26.7 Å². The van der Waals surface area contributed by atoms with Crippen LogP contribution in [0.3, 0.4) is 0 Å². The number of nitrogens with zero attached hydrogens (tertiary/aromatic N) is 1. The summed E-state index contributed by atoms with van der Waals surface area (Å²) in [6, 6.07) is 0.100. The number of carbonyl (C=O) groups excluding carboxylic acids is 1. The van der Waals surface area contributed by atoms with E-state index < -0.39 is 6.36 Å². The van der Waals surface area contributed by atoms with E-state index >= 15 is 0 Å². The van der Waals surface area contributed by atoms with Gasteiger partial charge in [0.05, 0.1) is 12.6 Å². The Morgan fingerprint density at radius 3 is 2.65 bits per heavy atom. The lowest BCUT2D eigenvalue weighted by atomic mass is 10.1. The molecule has 2 unspecified atom stereocenters. The predicted octanol–water partition coefficient (Wildman–Crippen LogP) is 0.711. The highest BCUT2D eigenvalue weighted by atomic mass is 19.4. The summed E-state index contributed by atoms with van der Waals surface area (Å²) in [5.74, 6) is 0.0686. The Kier molecular flexibility index (Phi) is 6.70. The van der Waals surface area contributed by atoms with Crippen LogP contribution in [-0.4, -0.2) is 63.0 Å². The van der Waals surface area contributed by atoms with E-state index in [1.54, 1.807) is 19.0 Å². The highest BCUT2D eigenvalue weighted by Crippen LogP contribution is 2.16. The topological polar surface area (TPSA) is 53.6 Å². The molecule has 5 nitrogen and oxygen atoms in total. The van der Waals surface area contributed by atoms with Crippen LogP contribution < -0.4 is 10.6 Å². The van der Waals surface area contributed by atoms with Crippen LogP contribution in [0.25, 0.3) is 0 Å². The van der Waals surface area contributed by atoms with Gasteiger partial charge in [-0.25, -0.2) is 0 Å². The minimum absolute atomic E-state index is 0.0686. The zero-order chi connectivity index (χ0) is 15.2. The second-order valence-electron chi connectivity index (χ2n) is 5.06. The van der Waals surface area contributed by atoms with Gasteiger partial charge in [-0.15, -0.1) is 13.2 Å². The number of ether oxygens (including phenoxy) is 1. The number of carbonyl (C=O) groups is 1. The first-order chi connectivity index (χ1) is 9.29. The van der Waals surface area contributed by atoms with Gasteiger partial charge >= 0.3 is 6.36 Å². The molecule has 0 aromatic rings. The lowest BCUT2D eigenvalue weighted by Gasteiger charge is -2.18. The molecule has 2 atom stereocenters. The van der Waals surface area contributed by atoms with Crippen molar-refractivity contribution in [3.63, 3.8) is 0 Å². The summed E-state index contributed by atoms with van der Waals surface area (Å²) in [7, 11) is 3.44. The summed E-state index contributed by atoms with van der Waals surface area (Å²) in [6.45, 7) is 0.372. The van der Waals surface area contributed by atoms with Crippen molar-refractivity contribution in [2.75, 3.05) is 33.8 Å². The Balaban J connectivity index is 2.06. The van der Waals surface area contributed by atoms with E-state index in [9.17, 15) is 18.0 Å². The fraction of sp³-hybridized carbons (Fsp3) is 0.917. The van der Waals surface area contributed by atoms with E-state index in [1.165, 1.54) is 0 Å². The van der Waals surface area contributed by atoms with Gasteiger partial charge in [-0.3, -0.25) is 9.53 Å². The van der Waals surface area contributed by atoms with Crippen LogP contribution in [0.4, 0.5) is 13.2 Å². The van der Waals surface area contributed by atoms with Crippen LogP contribution in [-0.2, 0) is 9.53 Å². The van der Waals surface area contributed by atoms with Crippen LogP contribution in [0.2, 0.25) is 0 Å². The summed E-state index contributed by atoms with van der Waals surface area (Å²) in [4.78, 5) is 13.3. The zero-order valence-corrected chi connectivity index (χ0v) is 11.8. The maximum absolute atomic E-state index is 11.7. The van der Waals surface area contributed by atoms with Gasteiger partial charge in [0.2, 0.25) is 5.91 Å². The molecular formula is C12H22F3N3O2. The molecule has 0 bridgehead atoms. The molecule has 0 spiro atoms. The Bertz CT molecular complexity index is 311. The fourth-order valence-corrected chi connectivity index (χ4v) is 2.19. The average Bonchev–Trinajstić information content (AvgIpc) is 2.79. The van der Waals surface area contributed by atoms with Crippen LogP contribution >= 0.6 is 0 Å². The molecule has 0 radical (unpaired) electrons. The number of alkyl halides is 3. The van der Waals surface area contributed by atoms with E-state index in [2.05, 4.69) is 15.4 Å². The van der Waals surface area contributed by atoms with Crippen molar-refractivity contribution >= 4 is 5.91 Å². The Morgan fingerprint density at radius 1 is 1.35 bits per heavy atom. The number of hydrogen-bond acceptors (Lipinski definition) is 4. The monoisotopic (exact) mass is 297 g/mol. The van der Waals surface area contributed by atoms with Gasteiger partial charge < -0.3 is 15.5 Å². The Labute approximate surface area is 116 Å². The first kappa shape index (κ1) is 17.2. The van der Waals surface area contributed by atoms with Crippen LogP contribution in [0, 0.1) is 0 Å². The number of halogens is 3. The van der Waals surface area contributed by atoms with Crippen molar-refractivity contribution in [2.45, 2.75) is 37.7 Å². The van der Waals surface area contributed by atoms with Crippen LogP contribution in [0.5, 0.6) is 0 Å². The molecule has 1 aliphatic heterocycles. The number of nitrogens with one attached hydrogen (secondary N) is 2. The molecular weight excluding hydrogens is 275 g/mol. The smallest absolute Gasteiger partial charge is 0.347 e. The first-order valence-electron chi connectivity index (χ1n) is 6.68. The van der Waals surface area contributed by atoms with Crippen molar-refractivity contribution in [3.8, 4) is 0 Å². The standard InChI is InChI=1S/C12H22F3N3O2/c1-18(2)11(19)10-4-3-9(17-10)5-6-16-7-8-20-12(13,14)15/h9-10,16-17H,3-8H2,1-2H3. The third-order valence-electron chi connectivity index (χ3n) is 3.19. The minimum atomic E-state index is -4.56. The zero-order valence-electron chi connectivity index (χ0n) is 11.8. The second kappa shape index (κ2) is 7.80. The van der Waals surface area contributed by atoms with Crippen molar-refractivity contribution in [3.05, 3.63) is 0 Å². The van der Waals surface area contributed by atoms with Gasteiger partial charge in [0.25, 0.3) is 0 Å². The lowest BCUT2D eigenvalue weighted by Crippen LogP contribution is -2.42. The molecule has 0 aromatic heterocycles. The summed E-state index contributed by atoms with van der Waals surface area (Å²) in [5, 5.41) is 6.14. The van der Waals surface area contributed by atoms with Gasteiger partial charge in [-0.1, -0.05) is 0 Å². The number of likely N-dealkylation sites (N-methyl/N-ethyl adjacent to an activating group) is 1. The van der Waals surface area contributed by atoms with Crippen LogP contribution in [0.15, 0.2) is 0 Å². The van der Waals surface area contributed by atoms with Gasteiger partial charge in [-0.2, -0.15) is 0 Å². The third kappa shape index (κ3) is 6.53. The van der Waals surface area contributed by atoms with Crippen molar-refractivity contribution < 1.29 is 22.7 Å². The van der Waals surface area contributed by atoms with E-state index in [1.807, 2.05) is 0 Å². The normalized spacial score (nSPS) is 23.1. The lowest BCUT2D eigenvalue weighted by molar-refractivity contribution is -0.323. The molecule has 1 saturated heterocycles. The van der Waals surface area contributed by atoms with Crippen molar-refractivity contribution in [1.82, 2.24) is 15.5 Å². The largest absolute Gasteiger partial charge is 0.522 e. The van der Waals surface area contributed by atoms with E-state index in [4.69, 9.17) is 0 Å². The van der Waals surface area contributed by atoms with E-state index in [-0.39, 0.29) is 31.1 Å². The summed E-state index contributed by atoms with van der Waals surface area (Å²) in [5.41, 5.74) is 0. The van der Waals surface area contributed by atoms with Gasteiger partial charge in [0.15, 0.2) is 0 Å². The Morgan fingerprint density at radius 2 is 2.05 bits per heavy atom. The summed E-state index contributed by atoms with van der Waals surface area (Å²) < 4.78 is 38.7. The minimum Gasteiger partial charge on any atom is -0.347 e. The molecule has 118 valence electrons. The Hall–Kier alpha value is -0.860. The third-order valence-corrected chi connectivity index (χ3v) is 3.19. The van der Waals surface area contributed by atoms with E-state index in [0.717, 1.165) is 19.3 Å². The molecule has 1 rings (SSSR count). The maximum Gasteiger partial charge on any atom is 0.522 e. The molecule has 0 saturated carbocycles. The van der Waals surface area contributed by atoms with Gasteiger partial charge in [-0.05, 0) is 25.8 Å². The number of amides is 1. The van der Waals surface area contributed by atoms with Crippen LogP contribution in [0.1, 0.15) is 19.3 Å². The summed E-state index contributed by atoms with van der Waals surface area (Å²) >= 11 is 0. The van der Waals surface area contributed by atoms with Crippen molar-refractivity contribution in [2.24, 2.45) is 0 Å². The first-order valence-corrected chi connectivity index (χ1v) is 6.68. The molecule has 2 N–H and O–H groups in total. The molecule has 0 aromatic carbocycles. The van der Waals surface area contributed by atoms with E-state index in [0.29, 0.717) is 6.54 Å². The average molecular weight is 297 g/mol. The number of hydrogen-bond donors (Lipinski definition) is 2. The highest BCUT2D eigenvalue weighted by molar-refractivity contribution is 5.81. The quantitative estimate of drug-likeness (QED) is 0.680. The summed E-state index contributed by atoms with van der Waals surface area (Å²) in [6.07, 6.45) is -2.07. The highest BCUT2D eigenvalue weighted by Gasteiger charge is 2.30. The molecule has 1 aliphatic rings. The maximum atomic E-state index is 11.7. The molecule has 20 heavy (non-hydrogen) atoms. The SMILES string of the molecule is CN(C)C(=O)C1CCC(CCNCCOC(F)(F)F)N1. The molecule has 1 heterocycles. The van der Waals surface area contributed by atoms with Gasteiger partial charge in [0.1, 0.15) is 0 Å². The fourth-order valence-electron chi connectivity index (χ4n) is 2.19. The molecule has 0 aliphatic carbocycles. The van der Waals surface area contributed by atoms with Crippen molar-refractivity contribution in [1.29, 1.82) is 0 Å². The number of rotatable bonds is 7. The predicted molar refractivity (Wildman–Crippen MR) is 68.1 cm³/mol. The molecule has 8 heteroatoms.